The number of oxime groups is 2. The summed E-state index contributed by atoms with van der Waals surface area (Å²) >= 11 is 0. The molecule has 0 spiro atoms. The first-order chi connectivity index (χ1) is 9.74. The van der Waals surface area contributed by atoms with Crippen LogP contribution in [-0.2, 0) is 6.42 Å². The van der Waals surface area contributed by atoms with Crippen molar-refractivity contribution in [3.8, 4) is 5.69 Å². The minimum absolute atomic E-state index is 0.226. The van der Waals surface area contributed by atoms with Crippen LogP contribution in [0.5, 0.6) is 0 Å². The van der Waals surface area contributed by atoms with Gasteiger partial charge in [-0.2, -0.15) is 0 Å². The molecule has 0 bridgehead atoms. The number of fused-ring (bicyclic) bond motifs is 1. The van der Waals surface area contributed by atoms with Crippen LogP contribution in [0.1, 0.15) is 17.5 Å². The Kier molecular flexibility index (Phi) is 2.98. The first kappa shape index (κ1) is 12.4. The third kappa shape index (κ3) is 1.85. The van der Waals surface area contributed by atoms with Crippen molar-refractivity contribution < 1.29 is 14.8 Å². The second-order valence-electron chi connectivity index (χ2n) is 4.55. The van der Waals surface area contributed by atoms with E-state index in [0.717, 1.165) is 5.56 Å². The average molecular weight is 273 g/mol. The molecule has 1 heterocycles. The van der Waals surface area contributed by atoms with Crippen LogP contribution >= 0.6 is 0 Å². The molecule has 6 heteroatoms. The van der Waals surface area contributed by atoms with Crippen LogP contribution in [0.3, 0.4) is 0 Å². The Labute approximate surface area is 114 Å². The van der Waals surface area contributed by atoms with E-state index >= 15 is 0 Å². The number of para-hydroxylation sites is 1. The number of hydrogen-bond acceptors (Lipinski definition) is 4. The zero-order valence-corrected chi connectivity index (χ0v) is 10.5. The lowest BCUT2D eigenvalue weighted by Gasteiger charge is -2.12. The Balaban J connectivity index is 2.12. The van der Waals surface area contributed by atoms with Gasteiger partial charge in [0.2, 0.25) is 0 Å². The van der Waals surface area contributed by atoms with Gasteiger partial charge in [-0.1, -0.05) is 22.4 Å². The van der Waals surface area contributed by atoms with Crippen molar-refractivity contribution in [2.45, 2.75) is 12.8 Å². The van der Waals surface area contributed by atoms with E-state index < -0.39 is 0 Å². The third-order valence-electron chi connectivity index (χ3n) is 3.42. The van der Waals surface area contributed by atoms with Crippen LogP contribution in [0.15, 0.2) is 47.0 Å². The lowest BCUT2D eigenvalue weighted by molar-refractivity contribution is 0.313. The zero-order valence-electron chi connectivity index (χ0n) is 10.5. The molecule has 0 fully saturated rings. The molecule has 2 N–H and O–H groups in total. The summed E-state index contributed by atoms with van der Waals surface area (Å²) in [4.78, 5) is 0. The molecule has 3 rings (SSSR count). The van der Waals surface area contributed by atoms with Crippen LogP contribution in [0.2, 0.25) is 0 Å². The maximum absolute atomic E-state index is 13.8. The first-order valence-corrected chi connectivity index (χ1v) is 6.14. The van der Waals surface area contributed by atoms with E-state index in [-0.39, 0.29) is 11.5 Å². The Morgan fingerprint density at radius 3 is 2.55 bits per heavy atom. The summed E-state index contributed by atoms with van der Waals surface area (Å²) in [7, 11) is 0. The molecule has 0 saturated heterocycles. The van der Waals surface area contributed by atoms with Crippen molar-refractivity contribution >= 4 is 11.4 Å². The summed E-state index contributed by atoms with van der Waals surface area (Å²) < 4.78 is 15.4. The molecule has 1 aliphatic carbocycles. The number of benzene rings is 1. The number of hydrogen-bond donors (Lipinski definition) is 2. The van der Waals surface area contributed by atoms with Crippen molar-refractivity contribution in [2.24, 2.45) is 10.3 Å². The summed E-state index contributed by atoms with van der Waals surface area (Å²) in [5.41, 5.74) is 2.54. The van der Waals surface area contributed by atoms with Gasteiger partial charge in [-0.25, -0.2) is 4.39 Å². The Hall–Kier alpha value is -2.63. The summed E-state index contributed by atoms with van der Waals surface area (Å²) in [5, 5.41) is 24.3. The Bertz CT molecular complexity index is 719. The first-order valence-electron chi connectivity index (χ1n) is 6.14. The van der Waals surface area contributed by atoms with Crippen LogP contribution in [0.4, 0.5) is 4.39 Å². The lowest BCUT2D eigenvalue weighted by atomic mass is 9.92. The summed E-state index contributed by atoms with van der Waals surface area (Å²) in [5.74, 6) is -0.335. The number of rotatable bonds is 1. The van der Waals surface area contributed by atoms with E-state index in [1.165, 1.54) is 6.07 Å². The highest BCUT2D eigenvalue weighted by Gasteiger charge is 2.25. The molecule has 102 valence electrons. The average Bonchev–Trinajstić information content (AvgIpc) is 2.90. The van der Waals surface area contributed by atoms with Gasteiger partial charge in [0.15, 0.2) is 0 Å². The molecule has 0 unspecified atom stereocenters. The van der Waals surface area contributed by atoms with Gasteiger partial charge in [0.25, 0.3) is 0 Å². The van der Waals surface area contributed by atoms with Crippen molar-refractivity contribution in [2.75, 3.05) is 0 Å². The second-order valence-corrected chi connectivity index (χ2v) is 4.55. The SMILES string of the molecule is ON=C1CCc2cn(-c3ccccc3F)cc2C1=NO. The van der Waals surface area contributed by atoms with Crippen molar-refractivity contribution in [3.05, 3.63) is 53.6 Å². The van der Waals surface area contributed by atoms with Crippen LogP contribution < -0.4 is 0 Å². The molecular formula is C14H12FN3O2. The van der Waals surface area contributed by atoms with E-state index in [2.05, 4.69) is 10.3 Å². The minimum atomic E-state index is -0.335. The molecule has 0 atom stereocenters. The monoisotopic (exact) mass is 273 g/mol. The summed E-state index contributed by atoms with van der Waals surface area (Å²) in [6.45, 7) is 0. The van der Waals surface area contributed by atoms with Crippen molar-refractivity contribution in [1.82, 2.24) is 4.57 Å². The highest BCUT2D eigenvalue weighted by molar-refractivity contribution is 6.49. The quantitative estimate of drug-likeness (QED) is 0.619. The molecular weight excluding hydrogens is 261 g/mol. The van der Waals surface area contributed by atoms with Gasteiger partial charge >= 0.3 is 0 Å². The van der Waals surface area contributed by atoms with E-state index in [1.54, 1.807) is 35.2 Å². The van der Waals surface area contributed by atoms with Gasteiger partial charge < -0.3 is 15.0 Å². The van der Waals surface area contributed by atoms with E-state index in [0.29, 0.717) is 29.8 Å². The Morgan fingerprint density at radius 2 is 1.85 bits per heavy atom. The molecule has 1 aromatic carbocycles. The van der Waals surface area contributed by atoms with Gasteiger partial charge in [0, 0.05) is 18.0 Å². The number of aryl methyl sites for hydroxylation is 1. The molecule has 0 saturated carbocycles. The van der Waals surface area contributed by atoms with Crippen LogP contribution in [0, 0.1) is 5.82 Å². The second kappa shape index (κ2) is 4.80. The smallest absolute Gasteiger partial charge is 0.147 e. The highest BCUT2D eigenvalue weighted by atomic mass is 19.1. The van der Waals surface area contributed by atoms with Gasteiger partial charge in [0.05, 0.1) is 5.69 Å². The molecule has 20 heavy (non-hydrogen) atoms. The van der Waals surface area contributed by atoms with Gasteiger partial charge in [-0.3, -0.25) is 0 Å². The molecule has 5 nitrogen and oxygen atoms in total. The molecule has 0 aliphatic heterocycles. The topological polar surface area (TPSA) is 70.1 Å². The van der Waals surface area contributed by atoms with Crippen molar-refractivity contribution in [1.29, 1.82) is 0 Å². The predicted molar refractivity (Wildman–Crippen MR) is 71.6 cm³/mol. The molecule has 1 aromatic heterocycles. The van der Waals surface area contributed by atoms with Crippen LogP contribution in [-0.4, -0.2) is 26.4 Å². The molecule has 0 amide bonds. The van der Waals surface area contributed by atoms with E-state index in [9.17, 15) is 4.39 Å². The maximum Gasteiger partial charge on any atom is 0.147 e. The number of nitrogens with zero attached hydrogens (tertiary/aromatic N) is 3. The van der Waals surface area contributed by atoms with Gasteiger partial charge in [-0.05, 0) is 30.5 Å². The number of halogens is 1. The summed E-state index contributed by atoms with van der Waals surface area (Å²) in [6.07, 6.45) is 4.60. The predicted octanol–water partition coefficient (Wildman–Crippen LogP) is 2.57. The van der Waals surface area contributed by atoms with Crippen molar-refractivity contribution in [3.63, 3.8) is 0 Å². The fourth-order valence-electron chi connectivity index (χ4n) is 2.45. The van der Waals surface area contributed by atoms with Gasteiger partial charge in [0.1, 0.15) is 17.2 Å². The minimum Gasteiger partial charge on any atom is -0.411 e. The molecule has 2 aromatic rings. The fourth-order valence-corrected chi connectivity index (χ4v) is 2.45. The standard InChI is InChI=1S/C14H12FN3O2/c15-11-3-1-2-4-13(11)18-7-9-5-6-12(16-19)14(17-20)10(9)8-18/h1-4,7-8,19-20H,5-6H2. The molecule has 1 aliphatic rings. The number of aromatic nitrogens is 1. The third-order valence-corrected chi connectivity index (χ3v) is 3.42. The normalized spacial score (nSPS) is 18.4. The van der Waals surface area contributed by atoms with E-state index in [4.69, 9.17) is 10.4 Å². The maximum atomic E-state index is 13.8. The molecule has 0 radical (unpaired) electrons. The lowest BCUT2D eigenvalue weighted by Crippen LogP contribution is -2.22. The van der Waals surface area contributed by atoms with Crippen LogP contribution in [0.25, 0.3) is 5.69 Å². The largest absolute Gasteiger partial charge is 0.411 e. The Morgan fingerprint density at radius 1 is 1.05 bits per heavy atom. The fraction of sp³-hybridized carbons (Fsp3) is 0.143. The zero-order chi connectivity index (χ0) is 14.1. The van der Waals surface area contributed by atoms with Gasteiger partial charge in [-0.15, -0.1) is 0 Å². The van der Waals surface area contributed by atoms with E-state index in [1.807, 2.05) is 0 Å². The summed E-state index contributed by atoms with van der Waals surface area (Å²) in [6, 6.07) is 6.42. The highest BCUT2D eigenvalue weighted by Crippen LogP contribution is 2.24.